The van der Waals surface area contributed by atoms with Crippen LogP contribution in [0.5, 0.6) is 11.6 Å². The topological polar surface area (TPSA) is 48.1 Å². The van der Waals surface area contributed by atoms with Crippen molar-refractivity contribution in [1.29, 1.82) is 0 Å². The van der Waals surface area contributed by atoms with Gasteiger partial charge in [0, 0.05) is 17.8 Å². The first-order chi connectivity index (χ1) is 8.16. The van der Waals surface area contributed by atoms with Crippen LogP contribution < -0.4 is 10.5 Å². The van der Waals surface area contributed by atoms with Crippen LogP contribution in [0.25, 0.3) is 0 Å². The third-order valence-corrected chi connectivity index (χ3v) is 2.31. The lowest BCUT2D eigenvalue weighted by molar-refractivity contribution is 0.427. The summed E-state index contributed by atoms with van der Waals surface area (Å²) in [5, 5.41) is 0. The highest BCUT2D eigenvalue weighted by Gasteiger charge is 2.04. The minimum atomic E-state index is -0.437. The quantitative estimate of drug-likeness (QED) is 0.848. The van der Waals surface area contributed by atoms with Crippen LogP contribution in [0.3, 0.4) is 0 Å². The summed E-state index contributed by atoms with van der Waals surface area (Å²) in [4.78, 5) is 4.24. The van der Waals surface area contributed by atoms with Gasteiger partial charge in [0.1, 0.15) is 4.99 Å². The van der Waals surface area contributed by atoms with Gasteiger partial charge >= 0.3 is 0 Å². The molecule has 17 heavy (non-hydrogen) atoms. The molecule has 86 valence electrons. The minimum absolute atomic E-state index is 0.128. The monoisotopic (exact) mass is 248 g/mol. The maximum absolute atomic E-state index is 13.3. The number of aromatic nitrogens is 1. The van der Waals surface area contributed by atoms with E-state index in [1.54, 1.807) is 24.3 Å². The van der Waals surface area contributed by atoms with Gasteiger partial charge in [0.05, 0.1) is 0 Å². The molecule has 0 aliphatic carbocycles. The smallest absolute Gasteiger partial charge is 0.219 e. The molecular formula is C12H9FN2OS. The lowest BCUT2D eigenvalue weighted by Crippen LogP contribution is -2.09. The molecule has 0 unspecified atom stereocenters. The number of hydrogen-bond acceptors (Lipinski definition) is 3. The zero-order valence-electron chi connectivity index (χ0n) is 8.76. The number of nitrogens with zero attached hydrogens (tertiary/aromatic N) is 1. The predicted octanol–water partition coefficient (Wildman–Crippen LogP) is 2.65. The largest absolute Gasteiger partial charge is 0.436 e. The fraction of sp³-hybridized carbons (Fsp3) is 0. The molecule has 0 spiro atoms. The van der Waals surface area contributed by atoms with Crippen LogP contribution >= 0.6 is 12.2 Å². The lowest BCUT2D eigenvalue weighted by Gasteiger charge is -2.05. The van der Waals surface area contributed by atoms with Gasteiger partial charge in [0.25, 0.3) is 0 Å². The minimum Gasteiger partial charge on any atom is -0.436 e. The van der Waals surface area contributed by atoms with E-state index in [1.807, 2.05) is 0 Å². The van der Waals surface area contributed by atoms with Crippen molar-refractivity contribution in [3.8, 4) is 11.6 Å². The highest BCUT2D eigenvalue weighted by atomic mass is 32.1. The normalized spacial score (nSPS) is 9.94. The third kappa shape index (κ3) is 2.76. The number of thiocarbonyl (C=S) groups is 1. The van der Waals surface area contributed by atoms with Crippen molar-refractivity contribution in [3.63, 3.8) is 0 Å². The molecule has 0 fully saturated rings. The molecule has 1 aromatic carbocycles. The van der Waals surface area contributed by atoms with E-state index >= 15 is 0 Å². The second-order valence-electron chi connectivity index (χ2n) is 3.28. The van der Waals surface area contributed by atoms with Gasteiger partial charge < -0.3 is 10.5 Å². The Morgan fingerprint density at radius 2 is 2.00 bits per heavy atom. The summed E-state index contributed by atoms with van der Waals surface area (Å²) in [6.07, 6.45) is 1.48. The fourth-order valence-corrected chi connectivity index (χ4v) is 1.35. The number of nitrogens with two attached hydrogens (primary N) is 1. The predicted molar refractivity (Wildman–Crippen MR) is 66.6 cm³/mol. The van der Waals surface area contributed by atoms with Crippen molar-refractivity contribution >= 4 is 17.2 Å². The van der Waals surface area contributed by atoms with Gasteiger partial charge in [-0.15, -0.1) is 0 Å². The van der Waals surface area contributed by atoms with Gasteiger partial charge in [-0.2, -0.15) is 0 Å². The van der Waals surface area contributed by atoms with Crippen molar-refractivity contribution in [1.82, 2.24) is 4.98 Å². The molecule has 0 saturated heterocycles. The number of pyridine rings is 1. The Balaban J connectivity index is 2.20. The molecule has 5 heteroatoms. The van der Waals surface area contributed by atoms with Crippen LogP contribution in [0.15, 0.2) is 42.6 Å². The van der Waals surface area contributed by atoms with Crippen LogP contribution in [0.4, 0.5) is 4.39 Å². The summed E-state index contributed by atoms with van der Waals surface area (Å²) >= 11 is 4.79. The Hall–Kier alpha value is -2.01. The number of benzene rings is 1. The summed E-state index contributed by atoms with van der Waals surface area (Å²) in [5.74, 6) is -0.0223. The first-order valence-electron chi connectivity index (χ1n) is 4.85. The van der Waals surface area contributed by atoms with Gasteiger partial charge in [-0.3, -0.25) is 0 Å². The Bertz CT molecular complexity index is 542. The van der Waals surface area contributed by atoms with E-state index in [2.05, 4.69) is 4.98 Å². The zero-order chi connectivity index (χ0) is 12.3. The van der Waals surface area contributed by atoms with E-state index < -0.39 is 5.82 Å². The number of ether oxygens (including phenoxy) is 1. The van der Waals surface area contributed by atoms with Crippen LogP contribution in [-0.4, -0.2) is 9.97 Å². The summed E-state index contributed by atoms with van der Waals surface area (Å²) in [6, 6.07) is 9.37. The van der Waals surface area contributed by atoms with Crippen LogP contribution in [0, 0.1) is 5.82 Å². The third-order valence-electron chi connectivity index (χ3n) is 2.07. The van der Waals surface area contributed by atoms with Crippen molar-refractivity contribution in [2.24, 2.45) is 5.73 Å². The Labute approximate surface area is 103 Å². The highest BCUT2D eigenvalue weighted by Crippen LogP contribution is 2.22. The highest BCUT2D eigenvalue weighted by molar-refractivity contribution is 7.80. The van der Waals surface area contributed by atoms with Crippen molar-refractivity contribution in [2.75, 3.05) is 0 Å². The van der Waals surface area contributed by atoms with E-state index in [4.69, 9.17) is 22.7 Å². The number of rotatable bonds is 3. The molecule has 0 saturated carbocycles. The maximum atomic E-state index is 13.3. The standard InChI is InChI=1S/C12H9FN2OS/c13-9-3-1-2-4-10(9)16-11-6-5-8(7-15-11)12(14)17/h1-7H,(H2,14,17). The molecule has 3 nitrogen and oxygen atoms in total. The Morgan fingerprint density at radius 3 is 2.59 bits per heavy atom. The zero-order valence-corrected chi connectivity index (χ0v) is 9.58. The number of para-hydroxylation sites is 1. The van der Waals surface area contributed by atoms with Crippen molar-refractivity contribution < 1.29 is 9.13 Å². The molecular weight excluding hydrogens is 239 g/mol. The molecule has 0 bridgehead atoms. The average molecular weight is 248 g/mol. The molecule has 0 aliphatic heterocycles. The first kappa shape index (κ1) is 11.5. The van der Waals surface area contributed by atoms with Crippen LogP contribution in [-0.2, 0) is 0 Å². The lowest BCUT2D eigenvalue weighted by atomic mass is 10.3. The van der Waals surface area contributed by atoms with Gasteiger partial charge in [-0.25, -0.2) is 9.37 Å². The van der Waals surface area contributed by atoms with Gasteiger partial charge in [-0.1, -0.05) is 24.4 Å². The second kappa shape index (κ2) is 4.88. The average Bonchev–Trinajstić information content (AvgIpc) is 2.33. The fourth-order valence-electron chi connectivity index (χ4n) is 1.23. The molecule has 0 atom stereocenters. The second-order valence-corrected chi connectivity index (χ2v) is 3.72. The summed E-state index contributed by atoms with van der Waals surface area (Å²) < 4.78 is 18.6. The molecule has 2 N–H and O–H groups in total. The molecule has 0 radical (unpaired) electrons. The number of halogens is 1. The van der Waals surface area contributed by atoms with Crippen molar-refractivity contribution in [2.45, 2.75) is 0 Å². The van der Waals surface area contributed by atoms with E-state index in [0.29, 0.717) is 5.56 Å². The van der Waals surface area contributed by atoms with E-state index in [0.717, 1.165) is 0 Å². The van der Waals surface area contributed by atoms with E-state index in [1.165, 1.54) is 18.3 Å². The maximum Gasteiger partial charge on any atom is 0.219 e. The van der Waals surface area contributed by atoms with E-state index in [-0.39, 0.29) is 16.6 Å². The van der Waals surface area contributed by atoms with Crippen molar-refractivity contribution in [3.05, 3.63) is 54.0 Å². The summed E-state index contributed by atoms with van der Waals surface area (Å²) in [6.45, 7) is 0. The van der Waals surface area contributed by atoms with E-state index in [9.17, 15) is 4.39 Å². The molecule has 2 rings (SSSR count). The first-order valence-corrected chi connectivity index (χ1v) is 5.26. The summed E-state index contributed by atoms with van der Waals surface area (Å²) in [7, 11) is 0. The SMILES string of the molecule is NC(=S)c1ccc(Oc2ccccc2F)nc1. The molecule has 0 aliphatic rings. The van der Waals surface area contributed by atoms with Crippen LogP contribution in [0.2, 0.25) is 0 Å². The molecule has 1 heterocycles. The Kier molecular flexibility index (Phi) is 3.30. The molecule has 2 aromatic rings. The Morgan fingerprint density at radius 1 is 1.24 bits per heavy atom. The van der Waals surface area contributed by atoms with Gasteiger partial charge in [0.2, 0.25) is 5.88 Å². The van der Waals surface area contributed by atoms with Gasteiger partial charge in [-0.05, 0) is 18.2 Å². The van der Waals surface area contributed by atoms with Crippen LogP contribution in [0.1, 0.15) is 5.56 Å². The number of hydrogen-bond donors (Lipinski definition) is 1. The molecule has 1 aromatic heterocycles. The van der Waals surface area contributed by atoms with Gasteiger partial charge in [0.15, 0.2) is 11.6 Å². The molecule has 0 amide bonds. The summed E-state index contributed by atoms with van der Waals surface area (Å²) in [5.41, 5.74) is 6.07.